The van der Waals surface area contributed by atoms with Crippen LogP contribution in [0.4, 0.5) is 0 Å². The Bertz CT molecular complexity index is 579. The molecule has 2 aromatic rings. The Kier molecular flexibility index (Phi) is 5.27. The topological polar surface area (TPSA) is 85.8 Å². The fraction of sp³-hybridized carbons (Fsp3) is 0.438. The van der Waals surface area contributed by atoms with Crippen LogP contribution in [0.15, 0.2) is 36.9 Å². The van der Waals surface area contributed by atoms with E-state index in [1.54, 1.807) is 11.0 Å². The van der Waals surface area contributed by atoms with E-state index < -0.39 is 5.41 Å². The second-order valence-electron chi connectivity index (χ2n) is 5.38. The van der Waals surface area contributed by atoms with E-state index >= 15 is 0 Å². The third-order valence-corrected chi connectivity index (χ3v) is 4.30. The highest BCUT2D eigenvalue weighted by atomic mass is 16.2. The molecule has 0 atom stereocenters. The van der Waals surface area contributed by atoms with Crippen LogP contribution in [0.1, 0.15) is 32.3 Å². The molecule has 0 aliphatic heterocycles. The van der Waals surface area contributed by atoms with Crippen molar-refractivity contribution in [3.05, 3.63) is 42.5 Å². The van der Waals surface area contributed by atoms with Gasteiger partial charge in [-0.3, -0.25) is 4.79 Å². The van der Waals surface area contributed by atoms with E-state index in [-0.39, 0.29) is 5.91 Å². The summed E-state index contributed by atoms with van der Waals surface area (Å²) in [7, 11) is 0. The molecule has 0 bridgehead atoms. The highest BCUT2D eigenvalue weighted by Gasteiger charge is 2.32. The molecule has 2 rings (SSSR count). The number of amides is 1. The van der Waals surface area contributed by atoms with Crippen molar-refractivity contribution in [2.24, 2.45) is 11.1 Å². The summed E-state index contributed by atoms with van der Waals surface area (Å²) in [5.74, 6) is 0.0281. The van der Waals surface area contributed by atoms with Crippen LogP contribution < -0.4 is 11.1 Å². The number of nitrogens with two attached hydrogens (primary N) is 1. The summed E-state index contributed by atoms with van der Waals surface area (Å²) < 4.78 is 1.69. The van der Waals surface area contributed by atoms with Gasteiger partial charge < -0.3 is 11.1 Å². The zero-order valence-electron chi connectivity index (χ0n) is 13.1. The van der Waals surface area contributed by atoms with E-state index in [9.17, 15) is 4.79 Å². The Balaban J connectivity index is 1.98. The normalized spacial score (nSPS) is 11.4. The van der Waals surface area contributed by atoms with Crippen molar-refractivity contribution < 1.29 is 4.79 Å². The zero-order valence-corrected chi connectivity index (χ0v) is 13.1. The molecule has 0 aliphatic rings. The average molecular weight is 301 g/mol. The smallest absolute Gasteiger partial charge is 0.227 e. The van der Waals surface area contributed by atoms with E-state index in [4.69, 9.17) is 5.73 Å². The lowest BCUT2D eigenvalue weighted by Crippen LogP contribution is -2.45. The molecule has 0 saturated heterocycles. The van der Waals surface area contributed by atoms with Crippen molar-refractivity contribution in [3.63, 3.8) is 0 Å². The lowest BCUT2D eigenvalue weighted by Gasteiger charge is -2.28. The largest absolute Gasteiger partial charge is 0.352 e. The average Bonchev–Trinajstić information content (AvgIpc) is 3.10. The van der Waals surface area contributed by atoms with Crippen LogP contribution >= 0.6 is 0 Å². The molecule has 1 aromatic carbocycles. The molecular weight excluding hydrogens is 278 g/mol. The first-order valence-corrected chi connectivity index (χ1v) is 7.57. The molecule has 1 amide bonds. The molecule has 6 nitrogen and oxygen atoms in total. The van der Waals surface area contributed by atoms with Gasteiger partial charge >= 0.3 is 0 Å². The summed E-state index contributed by atoms with van der Waals surface area (Å²) in [5, 5.41) is 7.07. The van der Waals surface area contributed by atoms with Crippen LogP contribution in [0.3, 0.4) is 0 Å². The second-order valence-corrected chi connectivity index (χ2v) is 5.38. The van der Waals surface area contributed by atoms with Crippen molar-refractivity contribution in [2.45, 2.75) is 33.2 Å². The number of hydrogen-bond acceptors (Lipinski definition) is 4. The molecule has 0 radical (unpaired) electrons. The predicted molar refractivity (Wildman–Crippen MR) is 85.3 cm³/mol. The standard InChI is InChI=1S/C16H23N5O/c1-3-16(4-2,10-17)15(22)19-9-13-5-7-14(8-6-13)21-12-18-11-20-21/h5-8,11-12H,3-4,9-10,17H2,1-2H3,(H,19,22). The summed E-state index contributed by atoms with van der Waals surface area (Å²) in [4.78, 5) is 16.3. The molecule has 0 aliphatic carbocycles. The first-order chi connectivity index (χ1) is 10.6. The molecule has 6 heteroatoms. The maximum absolute atomic E-state index is 12.4. The van der Waals surface area contributed by atoms with Crippen molar-refractivity contribution in [1.82, 2.24) is 20.1 Å². The molecule has 0 unspecified atom stereocenters. The summed E-state index contributed by atoms with van der Waals surface area (Å²) >= 11 is 0. The molecule has 1 heterocycles. The number of carbonyl (C=O) groups excluding carboxylic acids is 1. The molecule has 22 heavy (non-hydrogen) atoms. The maximum Gasteiger partial charge on any atom is 0.227 e. The van der Waals surface area contributed by atoms with Crippen LogP contribution in [-0.2, 0) is 11.3 Å². The predicted octanol–water partition coefficient (Wildman–Crippen LogP) is 1.65. The Morgan fingerprint density at radius 3 is 2.45 bits per heavy atom. The zero-order chi connectivity index (χ0) is 16.0. The SMILES string of the molecule is CCC(CC)(CN)C(=O)NCc1ccc(-n2cncn2)cc1. The van der Waals surface area contributed by atoms with E-state index in [1.165, 1.54) is 6.33 Å². The summed E-state index contributed by atoms with van der Waals surface area (Å²) in [5.41, 5.74) is 7.31. The van der Waals surface area contributed by atoms with E-state index in [0.717, 1.165) is 24.1 Å². The summed E-state index contributed by atoms with van der Waals surface area (Å²) in [6.07, 6.45) is 4.64. The molecule has 3 N–H and O–H groups in total. The minimum absolute atomic E-state index is 0.0281. The van der Waals surface area contributed by atoms with Crippen LogP contribution in [0.2, 0.25) is 0 Å². The van der Waals surface area contributed by atoms with E-state index in [2.05, 4.69) is 15.4 Å². The van der Waals surface area contributed by atoms with Crippen LogP contribution in [0.5, 0.6) is 0 Å². The van der Waals surface area contributed by atoms with E-state index in [1.807, 2.05) is 38.1 Å². The minimum Gasteiger partial charge on any atom is -0.352 e. The van der Waals surface area contributed by atoms with Crippen LogP contribution in [0.25, 0.3) is 5.69 Å². The quantitative estimate of drug-likeness (QED) is 0.814. The lowest BCUT2D eigenvalue weighted by atomic mass is 9.81. The number of nitrogens with zero attached hydrogens (tertiary/aromatic N) is 3. The van der Waals surface area contributed by atoms with Gasteiger partial charge in [0, 0.05) is 13.1 Å². The number of hydrogen-bond donors (Lipinski definition) is 2. The van der Waals surface area contributed by atoms with Gasteiger partial charge in [0.25, 0.3) is 0 Å². The number of benzene rings is 1. The van der Waals surface area contributed by atoms with Gasteiger partial charge in [-0.05, 0) is 30.5 Å². The van der Waals surface area contributed by atoms with Gasteiger partial charge in [0.1, 0.15) is 12.7 Å². The highest BCUT2D eigenvalue weighted by Crippen LogP contribution is 2.25. The third-order valence-electron chi connectivity index (χ3n) is 4.30. The van der Waals surface area contributed by atoms with Gasteiger partial charge in [-0.15, -0.1) is 0 Å². The Morgan fingerprint density at radius 2 is 1.95 bits per heavy atom. The fourth-order valence-electron chi connectivity index (χ4n) is 2.43. The Labute approximate surface area is 130 Å². The Morgan fingerprint density at radius 1 is 1.27 bits per heavy atom. The summed E-state index contributed by atoms with van der Waals surface area (Å²) in [6, 6.07) is 7.84. The number of aromatic nitrogens is 3. The van der Waals surface area contributed by atoms with Gasteiger partial charge in [-0.2, -0.15) is 5.10 Å². The van der Waals surface area contributed by atoms with Crippen LogP contribution in [-0.4, -0.2) is 27.2 Å². The van der Waals surface area contributed by atoms with Gasteiger partial charge in [0.05, 0.1) is 11.1 Å². The molecule has 118 valence electrons. The van der Waals surface area contributed by atoms with Gasteiger partial charge in [-0.25, -0.2) is 9.67 Å². The van der Waals surface area contributed by atoms with Crippen molar-refractivity contribution in [2.75, 3.05) is 6.54 Å². The highest BCUT2D eigenvalue weighted by molar-refractivity contribution is 5.82. The van der Waals surface area contributed by atoms with Crippen molar-refractivity contribution in [1.29, 1.82) is 0 Å². The van der Waals surface area contributed by atoms with Crippen molar-refractivity contribution in [3.8, 4) is 5.69 Å². The summed E-state index contributed by atoms with van der Waals surface area (Å²) in [6.45, 7) is 4.88. The lowest BCUT2D eigenvalue weighted by molar-refractivity contribution is -0.131. The molecule has 0 spiro atoms. The number of nitrogens with one attached hydrogen (secondary N) is 1. The molecule has 1 aromatic heterocycles. The maximum atomic E-state index is 12.4. The second kappa shape index (κ2) is 7.17. The third kappa shape index (κ3) is 3.33. The van der Waals surface area contributed by atoms with Gasteiger partial charge in [-0.1, -0.05) is 26.0 Å². The number of carbonyl (C=O) groups is 1. The molecular formula is C16H23N5O. The molecule has 0 fully saturated rings. The van der Waals surface area contributed by atoms with Gasteiger partial charge in [0.15, 0.2) is 0 Å². The number of rotatable bonds is 7. The van der Waals surface area contributed by atoms with Gasteiger partial charge in [0.2, 0.25) is 5.91 Å². The Hall–Kier alpha value is -2.21. The van der Waals surface area contributed by atoms with Crippen molar-refractivity contribution >= 4 is 5.91 Å². The fourth-order valence-corrected chi connectivity index (χ4v) is 2.43. The molecule has 0 saturated carbocycles. The minimum atomic E-state index is -0.458. The first-order valence-electron chi connectivity index (χ1n) is 7.57. The van der Waals surface area contributed by atoms with Crippen LogP contribution in [0, 0.1) is 5.41 Å². The monoisotopic (exact) mass is 301 g/mol. The first kappa shape index (κ1) is 16.2. The van der Waals surface area contributed by atoms with E-state index in [0.29, 0.717) is 13.1 Å².